The molecule has 0 saturated carbocycles. The van der Waals surface area contributed by atoms with Crippen LogP contribution in [0.15, 0.2) is 0 Å². The zero-order valence-electron chi connectivity index (χ0n) is 9.90. The van der Waals surface area contributed by atoms with Gasteiger partial charge < -0.3 is 14.4 Å². The number of carbonyl (C=O) groups excluding carboxylic acids is 2. The van der Waals surface area contributed by atoms with Crippen molar-refractivity contribution in [3.63, 3.8) is 0 Å². The molecule has 92 valence electrons. The van der Waals surface area contributed by atoms with Crippen LogP contribution in [0, 0.1) is 5.92 Å². The minimum Gasteiger partial charge on any atom is -0.465 e. The highest BCUT2D eigenvalue weighted by atomic mass is 16.6. The molecule has 1 aliphatic rings. The molecule has 1 fully saturated rings. The van der Waals surface area contributed by atoms with E-state index in [0.29, 0.717) is 32.7 Å². The average molecular weight is 229 g/mol. The van der Waals surface area contributed by atoms with Gasteiger partial charge in [-0.25, -0.2) is 4.79 Å². The summed E-state index contributed by atoms with van der Waals surface area (Å²) in [4.78, 5) is 24.5. The van der Waals surface area contributed by atoms with E-state index in [0.717, 1.165) is 6.42 Å². The molecule has 5 nitrogen and oxygen atoms in total. The van der Waals surface area contributed by atoms with Gasteiger partial charge in [0.1, 0.15) is 0 Å². The Kier molecular flexibility index (Phi) is 5.08. The van der Waals surface area contributed by atoms with Crippen molar-refractivity contribution in [2.24, 2.45) is 5.92 Å². The lowest BCUT2D eigenvalue weighted by Gasteiger charge is -2.15. The van der Waals surface area contributed by atoms with E-state index in [1.54, 1.807) is 11.8 Å². The van der Waals surface area contributed by atoms with Crippen LogP contribution >= 0.6 is 0 Å². The molecule has 0 bridgehead atoms. The minimum absolute atomic E-state index is 0.184. The van der Waals surface area contributed by atoms with Gasteiger partial charge in [0.05, 0.1) is 19.1 Å². The maximum atomic E-state index is 11.5. The summed E-state index contributed by atoms with van der Waals surface area (Å²) in [6.45, 7) is 5.52. The molecular weight excluding hydrogens is 210 g/mol. The number of esters is 1. The monoisotopic (exact) mass is 229 g/mol. The molecule has 1 aliphatic heterocycles. The lowest BCUT2D eigenvalue weighted by atomic mass is 10.1. The molecule has 0 aromatic rings. The quantitative estimate of drug-likeness (QED) is 0.684. The van der Waals surface area contributed by atoms with Gasteiger partial charge in [0.15, 0.2) is 0 Å². The molecule has 0 radical (unpaired) electrons. The topological polar surface area (TPSA) is 55.8 Å². The van der Waals surface area contributed by atoms with Crippen LogP contribution in [0.3, 0.4) is 0 Å². The van der Waals surface area contributed by atoms with Gasteiger partial charge in [-0.3, -0.25) is 4.79 Å². The lowest BCUT2D eigenvalue weighted by Crippen LogP contribution is -2.30. The SMILES string of the molecule is CCCOC(=O)C1CCN(C(=O)OCC)C1. The van der Waals surface area contributed by atoms with Crippen molar-refractivity contribution in [1.29, 1.82) is 0 Å². The highest BCUT2D eigenvalue weighted by Gasteiger charge is 2.32. The van der Waals surface area contributed by atoms with Crippen molar-refractivity contribution in [2.45, 2.75) is 26.7 Å². The van der Waals surface area contributed by atoms with Gasteiger partial charge >= 0.3 is 12.1 Å². The van der Waals surface area contributed by atoms with E-state index in [2.05, 4.69) is 0 Å². The van der Waals surface area contributed by atoms with E-state index < -0.39 is 0 Å². The summed E-state index contributed by atoms with van der Waals surface area (Å²) in [5.74, 6) is -0.385. The first-order chi connectivity index (χ1) is 7.69. The van der Waals surface area contributed by atoms with E-state index in [1.807, 2.05) is 6.92 Å². The fraction of sp³-hybridized carbons (Fsp3) is 0.818. The minimum atomic E-state index is -0.340. The van der Waals surface area contributed by atoms with Gasteiger partial charge in [-0.1, -0.05) is 6.92 Å². The molecule has 1 unspecified atom stereocenters. The second kappa shape index (κ2) is 6.35. The number of amides is 1. The predicted molar refractivity (Wildman–Crippen MR) is 58.0 cm³/mol. The smallest absolute Gasteiger partial charge is 0.409 e. The largest absolute Gasteiger partial charge is 0.465 e. The molecule has 16 heavy (non-hydrogen) atoms. The molecule has 0 aromatic carbocycles. The lowest BCUT2D eigenvalue weighted by molar-refractivity contribution is -0.148. The average Bonchev–Trinajstić information content (AvgIpc) is 2.75. The molecule has 5 heteroatoms. The standard InChI is InChI=1S/C11H19NO4/c1-3-7-16-10(13)9-5-6-12(8-9)11(14)15-4-2/h9H,3-8H2,1-2H3. The Morgan fingerprint density at radius 2 is 2.06 bits per heavy atom. The summed E-state index contributed by atoms with van der Waals surface area (Å²) in [5.41, 5.74) is 0. The van der Waals surface area contributed by atoms with Crippen LogP contribution in [0.1, 0.15) is 26.7 Å². The highest BCUT2D eigenvalue weighted by Crippen LogP contribution is 2.18. The molecule has 0 N–H and O–H groups in total. The zero-order chi connectivity index (χ0) is 12.0. The highest BCUT2D eigenvalue weighted by molar-refractivity contribution is 5.75. The van der Waals surface area contributed by atoms with Crippen LogP contribution in [-0.4, -0.2) is 43.3 Å². The van der Waals surface area contributed by atoms with E-state index in [1.165, 1.54) is 0 Å². The Morgan fingerprint density at radius 3 is 2.69 bits per heavy atom. The van der Waals surface area contributed by atoms with Crippen molar-refractivity contribution in [3.8, 4) is 0 Å². The Morgan fingerprint density at radius 1 is 1.31 bits per heavy atom. The van der Waals surface area contributed by atoms with Gasteiger partial charge in [0.25, 0.3) is 0 Å². The van der Waals surface area contributed by atoms with Gasteiger partial charge in [0.2, 0.25) is 0 Å². The maximum Gasteiger partial charge on any atom is 0.409 e. The fourth-order valence-electron chi connectivity index (χ4n) is 1.65. The first kappa shape index (κ1) is 12.8. The first-order valence-electron chi connectivity index (χ1n) is 5.77. The number of likely N-dealkylation sites (tertiary alicyclic amines) is 1. The third-order valence-electron chi connectivity index (χ3n) is 2.50. The van der Waals surface area contributed by atoms with Crippen molar-refractivity contribution in [2.75, 3.05) is 26.3 Å². The van der Waals surface area contributed by atoms with Gasteiger partial charge in [-0.05, 0) is 19.8 Å². The molecule has 1 amide bonds. The van der Waals surface area contributed by atoms with Gasteiger partial charge in [-0.2, -0.15) is 0 Å². The number of nitrogens with zero attached hydrogens (tertiary/aromatic N) is 1. The molecular formula is C11H19NO4. The summed E-state index contributed by atoms with van der Waals surface area (Å²) < 4.78 is 9.92. The zero-order valence-corrected chi connectivity index (χ0v) is 9.90. The summed E-state index contributed by atoms with van der Waals surface area (Å²) in [6, 6.07) is 0. The number of ether oxygens (including phenoxy) is 2. The fourth-order valence-corrected chi connectivity index (χ4v) is 1.65. The molecule has 1 rings (SSSR count). The van der Waals surface area contributed by atoms with Crippen molar-refractivity contribution in [3.05, 3.63) is 0 Å². The molecule has 1 atom stereocenters. The summed E-state index contributed by atoms with van der Waals surface area (Å²) in [6.07, 6.45) is 1.15. The van der Waals surface area contributed by atoms with E-state index in [9.17, 15) is 9.59 Å². The summed E-state index contributed by atoms with van der Waals surface area (Å²) in [7, 11) is 0. The Hall–Kier alpha value is -1.26. The number of carbonyl (C=O) groups is 2. The van der Waals surface area contributed by atoms with E-state index in [-0.39, 0.29) is 18.0 Å². The first-order valence-corrected chi connectivity index (χ1v) is 5.77. The number of hydrogen-bond donors (Lipinski definition) is 0. The van der Waals surface area contributed by atoms with E-state index >= 15 is 0 Å². The van der Waals surface area contributed by atoms with Crippen molar-refractivity contribution < 1.29 is 19.1 Å². The van der Waals surface area contributed by atoms with Crippen LogP contribution in [0.25, 0.3) is 0 Å². The third-order valence-corrected chi connectivity index (χ3v) is 2.50. The second-order valence-corrected chi connectivity index (χ2v) is 3.80. The Balaban J connectivity index is 2.34. The predicted octanol–water partition coefficient (Wildman–Crippen LogP) is 1.42. The molecule has 0 aromatic heterocycles. The molecule has 0 aliphatic carbocycles. The van der Waals surface area contributed by atoms with Gasteiger partial charge in [-0.15, -0.1) is 0 Å². The van der Waals surface area contributed by atoms with Gasteiger partial charge in [0, 0.05) is 13.1 Å². The van der Waals surface area contributed by atoms with Crippen LogP contribution in [-0.2, 0) is 14.3 Å². The Bertz CT molecular complexity index is 254. The Labute approximate surface area is 95.7 Å². The third kappa shape index (κ3) is 3.40. The molecule has 0 spiro atoms. The van der Waals surface area contributed by atoms with Crippen LogP contribution < -0.4 is 0 Å². The van der Waals surface area contributed by atoms with Crippen LogP contribution in [0.4, 0.5) is 4.79 Å². The number of rotatable bonds is 4. The molecule has 1 heterocycles. The number of hydrogen-bond acceptors (Lipinski definition) is 4. The summed E-state index contributed by atoms with van der Waals surface area (Å²) in [5, 5.41) is 0. The normalized spacial score (nSPS) is 19.6. The van der Waals surface area contributed by atoms with Crippen LogP contribution in [0.2, 0.25) is 0 Å². The summed E-state index contributed by atoms with van der Waals surface area (Å²) >= 11 is 0. The van der Waals surface area contributed by atoms with Crippen molar-refractivity contribution >= 4 is 12.1 Å². The second-order valence-electron chi connectivity index (χ2n) is 3.80. The van der Waals surface area contributed by atoms with Crippen molar-refractivity contribution in [1.82, 2.24) is 4.90 Å². The maximum absolute atomic E-state index is 11.5. The van der Waals surface area contributed by atoms with Crippen LogP contribution in [0.5, 0.6) is 0 Å². The van der Waals surface area contributed by atoms with E-state index in [4.69, 9.17) is 9.47 Å². The molecule has 1 saturated heterocycles.